The topological polar surface area (TPSA) is 114 Å². The van der Waals surface area contributed by atoms with E-state index in [1.807, 2.05) is 13.8 Å². The summed E-state index contributed by atoms with van der Waals surface area (Å²) < 4.78 is 33.8. The lowest BCUT2D eigenvalue weighted by Crippen LogP contribution is -2.32. The average Bonchev–Trinajstić information content (AvgIpc) is 3.65. The van der Waals surface area contributed by atoms with Crippen LogP contribution in [0, 0.1) is 12.8 Å². The van der Waals surface area contributed by atoms with Gasteiger partial charge in [-0.2, -0.15) is 10.1 Å². The maximum Gasteiger partial charge on any atom is 0.229 e. The van der Waals surface area contributed by atoms with Gasteiger partial charge < -0.3 is 20.3 Å². The molecule has 1 aliphatic carbocycles. The fourth-order valence-corrected chi connectivity index (χ4v) is 7.19. The molecule has 1 saturated heterocycles. The number of rotatable bonds is 11. The summed E-state index contributed by atoms with van der Waals surface area (Å²) in [4.78, 5) is 11.5. The first-order valence-corrected chi connectivity index (χ1v) is 16.4. The van der Waals surface area contributed by atoms with E-state index in [4.69, 9.17) is 16.3 Å². The van der Waals surface area contributed by atoms with Gasteiger partial charge in [0.25, 0.3) is 0 Å². The molecule has 3 heterocycles. The third-order valence-corrected chi connectivity index (χ3v) is 9.82. The lowest BCUT2D eigenvalue weighted by molar-refractivity contribution is 0.222. The van der Waals surface area contributed by atoms with E-state index in [9.17, 15) is 8.42 Å². The highest BCUT2D eigenvalue weighted by Gasteiger charge is 2.28. The maximum absolute atomic E-state index is 13.0. The Bertz CT molecular complexity index is 1500. The fraction of sp³-hybridized carbons (Fsp3) is 0.552. The fourth-order valence-electron chi connectivity index (χ4n) is 5.33. The summed E-state index contributed by atoms with van der Waals surface area (Å²) in [6.45, 7) is 11.4. The maximum atomic E-state index is 13.0. The minimum atomic E-state index is -3.61. The van der Waals surface area contributed by atoms with Crippen LogP contribution in [0.5, 0.6) is 5.75 Å². The molecule has 0 spiro atoms. The lowest BCUT2D eigenvalue weighted by atomic mass is 9.86. The Kier molecular flexibility index (Phi) is 8.77. The van der Waals surface area contributed by atoms with Crippen molar-refractivity contribution in [2.45, 2.75) is 70.4 Å². The van der Waals surface area contributed by atoms with Crippen LogP contribution >= 0.6 is 11.6 Å². The van der Waals surface area contributed by atoms with Crippen LogP contribution < -0.4 is 15.4 Å². The SMILES string of the molecule is CCN1CCC(c2cc(OC3CC3)c(Nc3ncc(Cl)c(Nc4cn(C)nc4S(=O)(=O)CC(C)C)n3)cc2C)CC1. The van der Waals surface area contributed by atoms with Gasteiger partial charge in [-0.15, -0.1) is 0 Å². The highest BCUT2D eigenvalue weighted by atomic mass is 35.5. The lowest BCUT2D eigenvalue weighted by Gasteiger charge is -2.32. The Labute approximate surface area is 247 Å². The summed E-state index contributed by atoms with van der Waals surface area (Å²) in [5.41, 5.74) is 3.65. The molecule has 2 aromatic heterocycles. The quantitative estimate of drug-likeness (QED) is 0.280. The van der Waals surface area contributed by atoms with E-state index in [-0.39, 0.29) is 33.6 Å². The number of hydrogen-bond acceptors (Lipinski definition) is 9. The van der Waals surface area contributed by atoms with Crippen molar-refractivity contribution in [2.24, 2.45) is 13.0 Å². The van der Waals surface area contributed by atoms with E-state index >= 15 is 0 Å². The number of halogens is 1. The third-order valence-electron chi connectivity index (χ3n) is 7.55. The number of nitrogens with zero attached hydrogens (tertiary/aromatic N) is 5. The van der Waals surface area contributed by atoms with Gasteiger partial charge in [-0.25, -0.2) is 13.4 Å². The number of likely N-dealkylation sites (tertiary alicyclic amines) is 1. The van der Waals surface area contributed by atoms with Crippen LogP contribution in [0.3, 0.4) is 0 Å². The van der Waals surface area contributed by atoms with Crippen molar-refractivity contribution in [1.29, 1.82) is 0 Å². The first kappa shape index (κ1) is 29.6. The first-order valence-electron chi connectivity index (χ1n) is 14.4. The molecule has 222 valence electrons. The molecule has 1 saturated carbocycles. The molecule has 0 radical (unpaired) electrons. The van der Waals surface area contributed by atoms with Crippen LogP contribution in [0.15, 0.2) is 29.6 Å². The second-order valence-corrected chi connectivity index (χ2v) is 13.9. The molecular weight excluding hydrogens is 562 g/mol. The average molecular weight is 602 g/mol. The van der Waals surface area contributed by atoms with Gasteiger partial charge in [-0.1, -0.05) is 32.4 Å². The molecule has 41 heavy (non-hydrogen) atoms. The number of sulfone groups is 1. The van der Waals surface area contributed by atoms with Crippen LogP contribution in [0.25, 0.3) is 0 Å². The number of benzene rings is 1. The van der Waals surface area contributed by atoms with E-state index in [2.05, 4.69) is 56.6 Å². The molecule has 0 amide bonds. The number of hydrogen-bond donors (Lipinski definition) is 2. The Morgan fingerprint density at radius 2 is 1.85 bits per heavy atom. The molecule has 1 aromatic carbocycles. The summed E-state index contributed by atoms with van der Waals surface area (Å²) >= 11 is 6.45. The van der Waals surface area contributed by atoms with E-state index in [1.54, 1.807) is 13.2 Å². The van der Waals surface area contributed by atoms with E-state index in [0.717, 1.165) is 56.8 Å². The molecule has 10 nitrogen and oxygen atoms in total. The number of aromatic nitrogens is 4. The predicted octanol–water partition coefficient (Wildman–Crippen LogP) is 5.83. The van der Waals surface area contributed by atoms with Crippen molar-refractivity contribution in [2.75, 3.05) is 36.0 Å². The van der Waals surface area contributed by atoms with Gasteiger partial charge >= 0.3 is 0 Å². The van der Waals surface area contributed by atoms with Gasteiger partial charge in [0.05, 0.1) is 29.4 Å². The predicted molar refractivity (Wildman–Crippen MR) is 163 cm³/mol. The zero-order chi connectivity index (χ0) is 29.3. The zero-order valence-corrected chi connectivity index (χ0v) is 26.0. The Morgan fingerprint density at radius 1 is 1.12 bits per heavy atom. The molecule has 2 fully saturated rings. The molecule has 3 aromatic rings. The largest absolute Gasteiger partial charge is 0.488 e. The van der Waals surface area contributed by atoms with Crippen molar-refractivity contribution in [3.8, 4) is 5.75 Å². The highest BCUT2D eigenvalue weighted by molar-refractivity contribution is 7.91. The van der Waals surface area contributed by atoms with Gasteiger partial charge in [-0.3, -0.25) is 4.68 Å². The third kappa shape index (κ3) is 7.13. The number of piperidine rings is 1. The second kappa shape index (κ2) is 12.1. The molecule has 1 aliphatic heterocycles. The van der Waals surface area contributed by atoms with Gasteiger partial charge in [0.2, 0.25) is 11.0 Å². The molecule has 5 rings (SSSR count). The van der Waals surface area contributed by atoms with E-state index < -0.39 is 9.84 Å². The first-order chi connectivity index (χ1) is 19.5. The summed E-state index contributed by atoms with van der Waals surface area (Å²) in [5, 5.41) is 10.8. The van der Waals surface area contributed by atoms with Crippen LogP contribution in [-0.2, 0) is 16.9 Å². The standard InChI is InChI=1S/C29H40ClN7O3S/c1-6-37-11-9-20(10-12-37)22-14-26(40-21-7-8-21)24(13-19(22)4)33-29-31-15-23(30)27(34-29)32-25-16-36(5)35-28(25)41(38,39)17-18(2)3/h13-16,18,20-21H,6-12,17H2,1-5H3,(H2,31,32,33,34). The number of nitrogens with one attached hydrogen (secondary N) is 2. The summed E-state index contributed by atoms with van der Waals surface area (Å²) in [5.74, 6) is 1.85. The van der Waals surface area contributed by atoms with Gasteiger partial charge in [-0.05, 0) is 87.3 Å². The van der Waals surface area contributed by atoms with Gasteiger partial charge in [0.15, 0.2) is 15.7 Å². The Hall–Kier alpha value is -2.89. The summed E-state index contributed by atoms with van der Waals surface area (Å²) in [7, 11) is -1.94. The normalized spacial score (nSPS) is 16.8. The number of anilines is 4. The minimum Gasteiger partial charge on any atom is -0.488 e. The Balaban J connectivity index is 1.41. The molecule has 2 aliphatic rings. The monoisotopic (exact) mass is 601 g/mol. The molecule has 2 N–H and O–H groups in total. The zero-order valence-electron chi connectivity index (χ0n) is 24.4. The van der Waals surface area contributed by atoms with Crippen molar-refractivity contribution in [3.05, 3.63) is 40.7 Å². The van der Waals surface area contributed by atoms with Crippen molar-refractivity contribution >= 4 is 44.6 Å². The van der Waals surface area contributed by atoms with Crippen molar-refractivity contribution in [3.63, 3.8) is 0 Å². The van der Waals surface area contributed by atoms with E-state index in [1.165, 1.54) is 22.0 Å². The van der Waals surface area contributed by atoms with Crippen LogP contribution in [-0.4, -0.2) is 64.6 Å². The molecule has 12 heteroatoms. The summed E-state index contributed by atoms with van der Waals surface area (Å²) in [6, 6.07) is 4.31. The van der Waals surface area contributed by atoms with Crippen LogP contribution in [0.1, 0.15) is 63.5 Å². The Morgan fingerprint density at radius 3 is 2.51 bits per heavy atom. The van der Waals surface area contributed by atoms with Gasteiger partial charge in [0.1, 0.15) is 10.8 Å². The number of aryl methyl sites for hydroxylation is 2. The highest BCUT2D eigenvalue weighted by Crippen LogP contribution is 2.40. The van der Waals surface area contributed by atoms with Gasteiger partial charge in [0, 0.05) is 13.2 Å². The number of ether oxygens (including phenoxy) is 1. The van der Waals surface area contributed by atoms with Crippen molar-refractivity contribution < 1.29 is 13.2 Å². The van der Waals surface area contributed by atoms with Crippen LogP contribution in [0.4, 0.5) is 23.1 Å². The summed E-state index contributed by atoms with van der Waals surface area (Å²) in [6.07, 6.45) is 7.71. The smallest absolute Gasteiger partial charge is 0.229 e. The van der Waals surface area contributed by atoms with Crippen molar-refractivity contribution in [1.82, 2.24) is 24.6 Å². The minimum absolute atomic E-state index is 0.0140. The van der Waals surface area contributed by atoms with E-state index in [0.29, 0.717) is 17.6 Å². The molecule has 0 unspecified atom stereocenters. The molecule has 0 bridgehead atoms. The second-order valence-electron chi connectivity index (χ2n) is 11.6. The molecular formula is C29H40ClN7O3S. The van der Waals surface area contributed by atoms with Crippen LogP contribution in [0.2, 0.25) is 5.02 Å². The molecule has 0 atom stereocenters.